The lowest BCUT2D eigenvalue weighted by molar-refractivity contribution is -0.0277. The molecule has 104 valence electrons. The van der Waals surface area contributed by atoms with Crippen LogP contribution in [0.3, 0.4) is 0 Å². The van der Waals surface area contributed by atoms with E-state index in [0.29, 0.717) is 13.0 Å². The van der Waals surface area contributed by atoms with Gasteiger partial charge in [0.25, 0.3) is 0 Å². The number of carbonyl (C=O) groups excluding carboxylic acids is 1. The number of hydrogen-bond acceptors (Lipinski definition) is 3. The lowest BCUT2D eigenvalue weighted by Gasteiger charge is -2.43. The van der Waals surface area contributed by atoms with Gasteiger partial charge in [0.05, 0.1) is 11.6 Å². The van der Waals surface area contributed by atoms with Gasteiger partial charge in [-0.05, 0) is 40.0 Å². The zero-order valence-electron chi connectivity index (χ0n) is 11.7. The number of nitrogens with zero attached hydrogens (tertiary/aromatic N) is 1. The molecule has 1 heterocycles. The molecule has 4 heteroatoms. The normalized spacial score (nSPS) is 27.6. The highest BCUT2D eigenvalue weighted by Gasteiger charge is 2.51. The first kappa shape index (κ1) is 13.7. The maximum atomic E-state index is 12.3. The summed E-state index contributed by atoms with van der Waals surface area (Å²) >= 11 is 0. The summed E-state index contributed by atoms with van der Waals surface area (Å²) in [6.07, 6.45) is 5.25. The summed E-state index contributed by atoms with van der Waals surface area (Å²) < 4.78 is 5.47. The van der Waals surface area contributed by atoms with E-state index in [2.05, 4.69) is 0 Å². The third-order valence-corrected chi connectivity index (χ3v) is 4.12. The van der Waals surface area contributed by atoms with Gasteiger partial charge in [0, 0.05) is 6.54 Å². The van der Waals surface area contributed by atoms with Gasteiger partial charge in [-0.2, -0.15) is 0 Å². The van der Waals surface area contributed by atoms with Crippen LogP contribution in [0, 0.1) is 0 Å². The summed E-state index contributed by atoms with van der Waals surface area (Å²) in [6, 6.07) is 0. The molecule has 4 nitrogen and oxygen atoms in total. The number of amides is 1. The molecule has 0 aromatic carbocycles. The lowest BCUT2D eigenvalue weighted by atomic mass is 9.78. The first-order valence-electron chi connectivity index (χ1n) is 7.04. The van der Waals surface area contributed by atoms with E-state index >= 15 is 0 Å². The molecule has 0 bridgehead atoms. The third kappa shape index (κ3) is 2.48. The highest BCUT2D eigenvalue weighted by atomic mass is 16.6. The van der Waals surface area contributed by atoms with E-state index in [-0.39, 0.29) is 17.7 Å². The number of rotatable bonds is 0. The molecule has 1 aliphatic heterocycles. The van der Waals surface area contributed by atoms with Crippen molar-refractivity contribution in [2.24, 2.45) is 0 Å². The summed E-state index contributed by atoms with van der Waals surface area (Å²) in [5, 5.41) is 10.3. The maximum absolute atomic E-state index is 12.3. The number of aliphatic hydroxyl groups excluding tert-OH is 1. The van der Waals surface area contributed by atoms with Gasteiger partial charge in [-0.3, -0.25) is 4.90 Å². The van der Waals surface area contributed by atoms with Crippen LogP contribution in [0.5, 0.6) is 0 Å². The summed E-state index contributed by atoms with van der Waals surface area (Å²) in [5.74, 6) is 0. The van der Waals surface area contributed by atoms with Crippen LogP contribution in [-0.2, 0) is 4.74 Å². The molecular formula is C14H25NO3. The molecule has 0 aromatic rings. The number of ether oxygens (including phenoxy) is 1. The van der Waals surface area contributed by atoms with Crippen LogP contribution in [0.25, 0.3) is 0 Å². The second kappa shape index (κ2) is 4.72. The Morgan fingerprint density at radius 2 is 1.89 bits per heavy atom. The molecule has 2 rings (SSSR count). The Morgan fingerprint density at radius 1 is 1.28 bits per heavy atom. The van der Waals surface area contributed by atoms with Gasteiger partial charge in [0.1, 0.15) is 5.60 Å². The fraction of sp³-hybridized carbons (Fsp3) is 0.929. The van der Waals surface area contributed by atoms with E-state index in [1.54, 1.807) is 4.90 Å². The minimum Gasteiger partial charge on any atom is -0.444 e. The second-order valence-electron chi connectivity index (χ2n) is 6.60. The molecule has 1 amide bonds. The van der Waals surface area contributed by atoms with Crippen LogP contribution in [0.15, 0.2) is 0 Å². The summed E-state index contributed by atoms with van der Waals surface area (Å²) in [5.41, 5.74) is -0.818. The number of carbonyl (C=O) groups is 1. The van der Waals surface area contributed by atoms with Crippen LogP contribution >= 0.6 is 0 Å². The average Bonchev–Trinajstić information content (AvgIpc) is 2.56. The molecule has 1 N–H and O–H groups in total. The monoisotopic (exact) mass is 255 g/mol. The van der Waals surface area contributed by atoms with Crippen molar-refractivity contribution in [3.05, 3.63) is 0 Å². The lowest BCUT2D eigenvalue weighted by Crippen LogP contribution is -2.54. The molecule has 1 aliphatic carbocycles. The number of likely N-dealkylation sites (tertiary alicyclic amines) is 1. The van der Waals surface area contributed by atoms with Gasteiger partial charge in [0.15, 0.2) is 0 Å². The van der Waals surface area contributed by atoms with E-state index < -0.39 is 5.60 Å². The maximum Gasteiger partial charge on any atom is 0.410 e. The quantitative estimate of drug-likeness (QED) is 0.724. The smallest absolute Gasteiger partial charge is 0.410 e. The Morgan fingerprint density at radius 3 is 2.44 bits per heavy atom. The van der Waals surface area contributed by atoms with E-state index in [1.165, 1.54) is 6.42 Å². The number of aliphatic hydroxyl groups is 1. The summed E-state index contributed by atoms with van der Waals surface area (Å²) in [6.45, 7) is 6.26. The fourth-order valence-corrected chi connectivity index (χ4v) is 3.28. The molecule has 1 saturated carbocycles. The number of hydrogen-bond donors (Lipinski definition) is 1. The largest absolute Gasteiger partial charge is 0.444 e. The Balaban J connectivity index is 2.13. The van der Waals surface area contributed by atoms with Crippen LogP contribution in [0.1, 0.15) is 59.3 Å². The molecular weight excluding hydrogens is 230 g/mol. The first-order chi connectivity index (χ1) is 8.35. The Labute approximate surface area is 109 Å². The van der Waals surface area contributed by atoms with Crippen LogP contribution in [-0.4, -0.2) is 39.9 Å². The third-order valence-electron chi connectivity index (χ3n) is 4.12. The van der Waals surface area contributed by atoms with Gasteiger partial charge < -0.3 is 9.84 Å². The van der Waals surface area contributed by atoms with Gasteiger partial charge in [0.2, 0.25) is 0 Å². The fourth-order valence-electron chi connectivity index (χ4n) is 3.28. The van der Waals surface area contributed by atoms with Gasteiger partial charge in [-0.25, -0.2) is 4.79 Å². The zero-order valence-corrected chi connectivity index (χ0v) is 11.7. The van der Waals surface area contributed by atoms with E-state index in [0.717, 1.165) is 25.7 Å². The second-order valence-corrected chi connectivity index (χ2v) is 6.60. The highest BCUT2D eigenvalue weighted by molar-refractivity contribution is 5.70. The van der Waals surface area contributed by atoms with Crippen LogP contribution in [0.2, 0.25) is 0 Å². The Hall–Kier alpha value is -0.770. The minimum atomic E-state index is -0.472. The average molecular weight is 255 g/mol. The van der Waals surface area contributed by atoms with Crippen molar-refractivity contribution in [2.45, 2.75) is 76.5 Å². The predicted octanol–water partition coefficient (Wildman–Crippen LogP) is 2.69. The van der Waals surface area contributed by atoms with E-state index in [4.69, 9.17) is 4.74 Å². The highest BCUT2D eigenvalue weighted by Crippen LogP contribution is 2.42. The zero-order chi connectivity index (χ0) is 13.4. The van der Waals surface area contributed by atoms with Crippen molar-refractivity contribution in [3.63, 3.8) is 0 Å². The molecule has 2 aliphatic rings. The van der Waals surface area contributed by atoms with Crippen molar-refractivity contribution in [3.8, 4) is 0 Å². The molecule has 18 heavy (non-hydrogen) atoms. The molecule has 0 radical (unpaired) electrons. The molecule has 1 atom stereocenters. The standard InChI is InChI=1S/C14H25NO3/c1-13(2,3)18-12(17)15-10-7-11(16)14(15)8-5-4-6-9-14/h11,16H,4-10H2,1-3H3/t11-/m1/s1. The van der Waals surface area contributed by atoms with Gasteiger partial charge in [-0.15, -0.1) is 0 Å². The van der Waals surface area contributed by atoms with Crippen LogP contribution < -0.4 is 0 Å². The molecule has 2 fully saturated rings. The first-order valence-corrected chi connectivity index (χ1v) is 7.04. The van der Waals surface area contributed by atoms with E-state index in [1.807, 2.05) is 20.8 Å². The molecule has 0 aromatic heterocycles. The molecule has 1 spiro atoms. The Kier molecular flexibility index (Phi) is 3.58. The minimum absolute atomic E-state index is 0.263. The van der Waals surface area contributed by atoms with Crippen LogP contribution in [0.4, 0.5) is 4.79 Å². The van der Waals surface area contributed by atoms with Crippen molar-refractivity contribution in [1.29, 1.82) is 0 Å². The van der Waals surface area contributed by atoms with Crippen molar-refractivity contribution < 1.29 is 14.6 Å². The van der Waals surface area contributed by atoms with Crippen molar-refractivity contribution in [1.82, 2.24) is 4.90 Å². The molecule has 1 saturated heterocycles. The van der Waals surface area contributed by atoms with Gasteiger partial charge in [-0.1, -0.05) is 19.3 Å². The summed E-state index contributed by atoms with van der Waals surface area (Å²) in [4.78, 5) is 14.1. The molecule has 0 unspecified atom stereocenters. The SMILES string of the molecule is CC(C)(C)OC(=O)N1CC[C@@H](O)C12CCCCC2. The van der Waals surface area contributed by atoms with Crippen molar-refractivity contribution in [2.75, 3.05) is 6.54 Å². The Bertz CT molecular complexity index is 315. The summed E-state index contributed by atoms with van der Waals surface area (Å²) in [7, 11) is 0. The topological polar surface area (TPSA) is 49.8 Å². The van der Waals surface area contributed by atoms with Gasteiger partial charge >= 0.3 is 6.09 Å². The van der Waals surface area contributed by atoms with E-state index in [9.17, 15) is 9.90 Å². The van der Waals surface area contributed by atoms with Crippen molar-refractivity contribution >= 4 is 6.09 Å². The predicted molar refractivity (Wildman–Crippen MR) is 69.4 cm³/mol.